The Balaban J connectivity index is 1.81. The van der Waals surface area contributed by atoms with Gasteiger partial charge in [0.05, 0.1) is 9.83 Å². The largest absolute Gasteiger partial charge is 0.457 e. The molecule has 0 aliphatic carbocycles. The van der Waals surface area contributed by atoms with Crippen LogP contribution in [-0.2, 0) is 4.79 Å². The van der Waals surface area contributed by atoms with E-state index in [2.05, 4.69) is 0 Å². The summed E-state index contributed by atoms with van der Waals surface area (Å²) in [6.07, 6.45) is 3.19. The van der Waals surface area contributed by atoms with Gasteiger partial charge in [0.15, 0.2) is 0 Å². The van der Waals surface area contributed by atoms with Crippen molar-refractivity contribution in [2.45, 2.75) is 19.8 Å². The van der Waals surface area contributed by atoms with Crippen LogP contribution in [0.25, 0.3) is 17.4 Å². The van der Waals surface area contributed by atoms with Gasteiger partial charge in [-0.1, -0.05) is 25.5 Å². The van der Waals surface area contributed by atoms with E-state index < -0.39 is 4.92 Å². The highest BCUT2D eigenvalue weighted by atomic mass is 32.2. The van der Waals surface area contributed by atoms with Crippen molar-refractivity contribution in [3.8, 4) is 11.3 Å². The lowest BCUT2D eigenvalue weighted by Crippen LogP contribution is -2.29. The normalized spacial score (nSPS) is 15.9. The predicted octanol–water partition coefficient (Wildman–Crippen LogP) is 4.69. The van der Waals surface area contributed by atoms with Gasteiger partial charge in [-0.2, -0.15) is 0 Å². The number of unbranched alkanes of at least 4 members (excludes halogenated alkanes) is 1. The molecule has 1 fully saturated rings. The molecule has 3 rings (SSSR count). The number of thioether (sulfide) groups is 1. The number of nitro benzene ring substituents is 1. The molecule has 8 heteroatoms. The van der Waals surface area contributed by atoms with Gasteiger partial charge < -0.3 is 4.42 Å². The number of benzene rings is 1. The van der Waals surface area contributed by atoms with Crippen molar-refractivity contribution in [2.24, 2.45) is 0 Å². The number of non-ortho nitro benzene ring substituents is 1. The highest BCUT2D eigenvalue weighted by Crippen LogP contribution is 2.33. The Bertz CT molecular complexity index is 902. The van der Waals surface area contributed by atoms with Crippen LogP contribution in [-0.4, -0.2) is 27.5 Å². The summed E-state index contributed by atoms with van der Waals surface area (Å²) in [6.45, 7) is 2.41. The van der Waals surface area contributed by atoms with Crippen molar-refractivity contribution in [1.82, 2.24) is 4.90 Å². The average molecular weight is 372 g/mol. The predicted molar refractivity (Wildman–Crippen MR) is 98.4 cm³/mol. The highest BCUT2D eigenvalue weighted by molar-refractivity contribution is 8.18. The van der Waals surface area contributed by atoms with Gasteiger partial charge in [0, 0.05) is 30.3 Å². The van der Waals surface area contributed by atoms with Crippen molar-refractivity contribution in [3.63, 3.8) is 0 Å². The third-order valence-corrected chi connectivity index (χ3v) is 4.76. The number of carbonyl (C=O) groups is 2. The minimum Gasteiger partial charge on any atom is -0.457 e. The maximum absolute atomic E-state index is 12.3. The molecular formula is C18H16N2O5S. The van der Waals surface area contributed by atoms with Crippen molar-refractivity contribution in [1.29, 1.82) is 0 Å². The lowest BCUT2D eigenvalue weighted by molar-refractivity contribution is -0.384. The molecule has 0 unspecified atom stereocenters. The number of imide groups is 1. The second kappa shape index (κ2) is 7.57. The van der Waals surface area contributed by atoms with Crippen LogP contribution in [0.2, 0.25) is 0 Å². The molecule has 2 aromatic rings. The van der Waals surface area contributed by atoms with Gasteiger partial charge in [-0.05, 0) is 30.3 Å². The SMILES string of the molecule is CCCCN1C(=O)S/C(=C/c2ccc(-c3cccc([N+](=O)[O-])c3)o2)C1=O. The topological polar surface area (TPSA) is 93.7 Å². The van der Waals surface area contributed by atoms with E-state index in [4.69, 9.17) is 4.42 Å². The minimum absolute atomic E-state index is 0.0301. The summed E-state index contributed by atoms with van der Waals surface area (Å²) in [5, 5.41) is 10.6. The number of hydrogen-bond acceptors (Lipinski definition) is 6. The summed E-state index contributed by atoms with van der Waals surface area (Å²) in [5.41, 5.74) is 0.535. The first-order valence-corrected chi connectivity index (χ1v) is 8.91. The Kier molecular flexibility index (Phi) is 5.22. The zero-order valence-electron chi connectivity index (χ0n) is 14.0. The second-order valence-corrected chi connectivity index (χ2v) is 6.69. The first-order chi connectivity index (χ1) is 12.5. The lowest BCUT2D eigenvalue weighted by Gasteiger charge is -2.10. The number of nitrogens with zero attached hydrogens (tertiary/aromatic N) is 2. The first-order valence-electron chi connectivity index (χ1n) is 8.09. The van der Waals surface area contributed by atoms with Crippen molar-refractivity contribution >= 4 is 34.7 Å². The van der Waals surface area contributed by atoms with E-state index in [-0.39, 0.29) is 16.8 Å². The molecule has 2 heterocycles. The molecule has 0 bridgehead atoms. The van der Waals surface area contributed by atoms with Crippen molar-refractivity contribution in [2.75, 3.05) is 6.54 Å². The second-order valence-electron chi connectivity index (χ2n) is 5.70. The number of hydrogen-bond donors (Lipinski definition) is 0. The maximum atomic E-state index is 12.3. The molecule has 0 atom stereocenters. The molecule has 1 aliphatic rings. The monoisotopic (exact) mass is 372 g/mol. The summed E-state index contributed by atoms with van der Waals surface area (Å²) < 4.78 is 5.67. The smallest absolute Gasteiger partial charge is 0.293 e. The number of rotatable bonds is 6. The Morgan fingerprint density at radius 2 is 2.08 bits per heavy atom. The Morgan fingerprint density at radius 1 is 1.27 bits per heavy atom. The van der Waals surface area contributed by atoms with Gasteiger partial charge in [-0.25, -0.2) is 0 Å². The van der Waals surface area contributed by atoms with Crippen LogP contribution in [0.4, 0.5) is 10.5 Å². The summed E-state index contributed by atoms with van der Waals surface area (Å²) >= 11 is 0.888. The van der Waals surface area contributed by atoms with E-state index in [1.807, 2.05) is 6.92 Å². The molecule has 7 nitrogen and oxygen atoms in total. The maximum Gasteiger partial charge on any atom is 0.293 e. The van der Waals surface area contributed by atoms with E-state index in [1.165, 1.54) is 23.1 Å². The molecule has 26 heavy (non-hydrogen) atoms. The Morgan fingerprint density at radius 3 is 2.81 bits per heavy atom. The average Bonchev–Trinajstić information content (AvgIpc) is 3.19. The van der Waals surface area contributed by atoms with Crippen LogP contribution in [0.1, 0.15) is 25.5 Å². The Hall–Kier alpha value is -2.87. The van der Waals surface area contributed by atoms with E-state index in [0.717, 1.165) is 24.6 Å². The molecule has 1 aromatic carbocycles. The molecule has 1 saturated heterocycles. The minimum atomic E-state index is -0.473. The molecule has 0 N–H and O–H groups in total. The summed E-state index contributed by atoms with van der Waals surface area (Å²) in [5.74, 6) is 0.541. The Labute approximate surface area is 153 Å². The summed E-state index contributed by atoms with van der Waals surface area (Å²) in [4.78, 5) is 36.2. The standard InChI is InChI=1S/C18H16N2O5S/c1-2-3-9-19-17(21)16(26-18(19)22)11-14-7-8-15(25-14)12-5-4-6-13(10-12)20(23)24/h4-8,10-11H,2-3,9H2,1H3/b16-11+. The highest BCUT2D eigenvalue weighted by Gasteiger charge is 2.34. The van der Waals surface area contributed by atoms with Gasteiger partial charge in [0.2, 0.25) is 0 Å². The number of amides is 2. The third kappa shape index (κ3) is 3.70. The number of carbonyl (C=O) groups excluding carboxylic acids is 2. The fourth-order valence-corrected chi connectivity index (χ4v) is 3.34. The molecule has 1 aliphatic heterocycles. The number of furan rings is 1. The van der Waals surface area contributed by atoms with Crippen molar-refractivity contribution in [3.05, 3.63) is 57.2 Å². The summed E-state index contributed by atoms with van der Waals surface area (Å²) in [7, 11) is 0. The van der Waals surface area contributed by atoms with Crippen LogP contribution < -0.4 is 0 Å². The zero-order chi connectivity index (χ0) is 18.7. The zero-order valence-corrected chi connectivity index (χ0v) is 14.8. The molecule has 2 amide bonds. The molecule has 0 spiro atoms. The van der Waals surface area contributed by atoms with Gasteiger partial charge in [0.25, 0.3) is 16.8 Å². The fraction of sp³-hybridized carbons (Fsp3) is 0.222. The van der Waals surface area contributed by atoms with Crippen LogP contribution in [0.5, 0.6) is 0 Å². The van der Waals surface area contributed by atoms with Crippen LogP contribution >= 0.6 is 11.8 Å². The van der Waals surface area contributed by atoms with E-state index in [0.29, 0.717) is 28.5 Å². The molecule has 0 saturated carbocycles. The van der Waals surface area contributed by atoms with Crippen LogP contribution in [0, 0.1) is 10.1 Å². The van der Waals surface area contributed by atoms with Gasteiger partial charge in [0.1, 0.15) is 11.5 Å². The summed E-state index contributed by atoms with van der Waals surface area (Å²) in [6, 6.07) is 9.43. The van der Waals surface area contributed by atoms with Gasteiger partial charge in [-0.15, -0.1) is 0 Å². The molecule has 134 valence electrons. The van der Waals surface area contributed by atoms with E-state index in [9.17, 15) is 19.7 Å². The lowest BCUT2D eigenvalue weighted by atomic mass is 10.1. The van der Waals surface area contributed by atoms with Gasteiger partial charge in [-0.3, -0.25) is 24.6 Å². The molecular weight excluding hydrogens is 356 g/mol. The van der Waals surface area contributed by atoms with Crippen LogP contribution in [0.15, 0.2) is 45.7 Å². The fourth-order valence-electron chi connectivity index (χ4n) is 2.50. The van der Waals surface area contributed by atoms with E-state index >= 15 is 0 Å². The quantitative estimate of drug-likeness (QED) is 0.415. The van der Waals surface area contributed by atoms with Crippen LogP contribution in [0.3, 0.4) is 0 Å². The molecule has 1 aromatic heterocycles. The first kappa shape index (κ1) is 17.9. The van der Waals surface area contributed by atoms with Crippen molar-refractivity contribution < 1.29 is 18.9 Å². The van der Waals surface area contributed by atoms with Gasteiger partial charge >= 0.3 is 0 Å². The number of nitro groups is 1. The van der Waals surface area contributed by atoms with E-state index in [1.54, 1.807) is 24.3 Å². The third-order valence-electron chi connectivity index (χ3n) is 3.85. The molecule has 0 radical (unpaired) electrons.